The van der Waals surface area contributed by atoms with Crippen LogP contribution in [-0.2, 0) is 9.53 Å². The van der Waals surface area contributed by atoms with E-state index in [0.717, 1.165) is 5.56 Å². The van der Waals surface area contributed by atoms with Crippen molar-refractivity contribution in [2.45, 2.75) is 20.3 Å². The van der Waals surface area contributed by atoms with E-state index >= 15 is 0 Å². The van der Waals surface area contributed by atoms with Crippen LogP contribution >= 0.6 is 0 Å². The molecule has 1 aliphatic carbocycles. The second-order valence-electron chi connectivity index (χ2n) is 5.74. The highest BCUT2D eigenvalue weighted by molar-refractivity contribution is 6.07. The van der Waals surface area contributed by atoms with Crippen LogP contribution in [0.1, 0.15) is 29.3 Å². The van der Waals surface area contributed by atoms with Gasteiger partial charge >= 0.3 is 0 Å². The number of carbonyl (C=O) groups excluding carboxylic acids is 2. The third-order valence-electron chi connectivity index (χ3n) is 3.95. The second-order valence-corrected chi connectivity index (χ2v) is 5.74. The highest BCUT2D eigenvalue weighted by Crippen LogP contribution is 2.37. The number of allylic oxidation sites excluding steroid dienone is 4. The van der Waals surface area contributed by atoms with E-state index < -0.39 is 5.41 Å². The molecule has 2 rings (SSSR count). The topological polar surface area (TPSA) is 43.4 Å². The number of methoxy groups -OCH3 is 1. The van der Waals surface area contributed by atoms with Crippen LogP contribution in [0.15, 0.2) is 60.4 Å². The van der Waals surface area contributed by atoms with Gasteiger partial charge in [-0.1, -0.05) is 36.4 Å². The average molecular weight is 296 g/mol. The van der Waals surface area contributed by atoms with E-state index in [0.29, 0.717) is 23.3 Å². The van der Waals surface area contributed by atoms with Crippen LogP contribution in [0.3, 0.4) is 0 Å². The van der Waals surface area contributed by atoms with E-state index in [-0.39, 0.29) is 11.6 Å². The SMILES string of the molecule is C=CC(=O)C1=C(OC)C=CC(C)(C(=O)c2cccc(C)c2)C1. The summed E-state index contributed by atoms with van der Waals surface area (Å²) < 4.78 is 5.24. The van der Waals surface area contributed by atoms with Crippen LogP contribution in [0.5, 0.6) is 0 Å². The minimum Gasteiger partial charge on any atom is -0.496 e. The zero-order valence-electron chi connectivity index (χ0n) is 13.2. The summed E-state index contributed by atoms with van der Waals surface area (Å²) in [6.07, 6.45) is 5.08. The third-order valence-corrected chi connectivity index (χ3v) is 3.95. The van der Waals surface area contributed by atoms with Gasteiger partial charge in [0.1, 0.15) is 5.76 Å². The Labute approximate surface area is 131 Å². The smallest absolute Gasteiger partial charge is 0.184 e. The molecule has 0 saturated carbocycles. The van der Waals surface area contributed by atoms with Crippen molar-refractivity contribution in [3.63, 3.8) is 0 Å². The molecule has 3 heteroatoms. The molecule has 0 N–H and O–H groups in total. The third kappa shape index (κ3) is 2.93. The number of ketones is 2. The van der Waals surface area contributed by atoms with E-state index in [9.17, 15) is 9.59 Å². The summed E-state index contributed by atoms with van der Waals surface area (Å²) in [5, 5.41) is 0. The monoisotopic (exact) mass is 296 g/mol. The molecular weight excluding hydrogens is 276 g/mol. The van der Waals surface area contributed by atoms with E-state index in [1.807, 2.05) is 38.1 Å². The molecule has 1 aliphatic rings. The van der Waals surface area contributed by atoms with Crippen molar-refractivity contribution < 1.29 is 14.3 Å². The maximum absolute atomic E-state index is 12.9. The van der Waals surface area contributed by atoms with Crippen molar-refractivity contribution in [3.05, 3.63) is 71.5 Å². The summed E-state index contributed by atoms with van der Waals surface area (Å²) in [5.74, 6) is 0.292. The second kappa shape index (κ2) is 6.14. The van der Waals surface area contributed by atoms with E-state index in [4.69, 9.17) is 4.74 Å². The molecule has 0 spiro atoms. The van der Waals surface area contributed by atoms with Crippen LogP contribution in [-0.4, -0.2) is 18.7 Å². The quantitative estimate of drug-likeness (QED) is 0.613. The zero-order valence-corrected chi connectivity index (χ0v) is 13.2. The highest BCUT2D eigenvalue weighted by atomic mass is 16.5. The van der Waals surface area contributed by atoms with Gasteiger partial charge in [-0.3, -0.25) is 9.59 Å². The molecule has 0 saturated heterocycles. The minimum absolute atomic E-state index is 0.00281. The van der Waals surface area contributed by atoms with Crippen LogP contribution in [0.4, 0.5) is 0 Å². The van der Waals surface area contributed by atoms with Gasteiger partial charge in [-0.25, -0.2) is 0 Å². The van der Waals surface area contributed by atoms with Crippen LogP contribution in [0, 0.1) is 12.3 Å². The fraction of sp³-hybridized carbons (Fsp3) is 0.263. The summed E-state index contributed by atoms with van der Waals surface area (Å²) in [7, 11) is 1.51. The first-order valence-corrected chi connectivity index (χ1v) is 7.16. The largest absolute Gasteiger partial charge is 0.496 e. The number of rotatable bonds is 5. The van der Waals surface area contributed by atoms with Gasteiger partial charge in [-0.15, -0.1) is 0 Å². The molecule has 1 unspecified atom stereocenters. The van der Waals surface area contributed by atoms with Crippen LogP contribution in [0.2, 0.25) is 0 Å². The summed E-state index contributed by atoms with van der Waals surface area (Å²) >= 11 is 0. The molecule has 0 aromatic heterocycles. The number of benzene rings is 1. The molecule has 1 aromatic carbocycles. The van der Waals surface area contributed by atoms with Gasteiger partial charge in [0.05, 0.1) is 12.5 Å². The summed E-state index contributed by atoms with van der Waals surface area (Å²) in [6, 6.07) is 7.49. The van der Waals surface area contributed by atoms with Crippen molar-refractivity contribution in [1.29, 1.82) is 0 Å². The van der Waals surface area contributed by atoms with Crippen molar-refractivity contribution >= 4 is 11.6 Å². The normalized spacial score (nSPS) is 20.7. The van der Waals surface area contributed by atoms with Crippen LogP contribution < -0.4 is 0 Å². The van der Waals surface area contributed by atoms with Gasteiger partial charge in [0.15, 0.2) is 11.6 Å². The number of hydrogen-bond acceptors (Lipinski definition) is 3. The molecule has 1 atom stereocenters. The Kier molecular flexibility index (Phi) is 4.45. The number of Topliss-reactive ketones (excluding diaryl/α,β-unsaturated/α-hetero) is 1. The average Bonchev–Trinajstić information content (AvgIpc) is 2.53. The predicted octanol–water partition coefficient (Wildman–Crippen LogP) is 3.80. The van der Waals surface area contributed by atoms with Crippen molar-refractivity contribution in [2.75, 3.05) is 7.11 Å². The molecule has 3 nitrogen and oxygen atoms in total. The van der Waals surface area contributed by atoms with Crippen molar-refractivity contribution in [3.8, 4) is 0 Å². The van der Waals surface area contributed by atoms with E-state index in [1.165, 1.54) is 13.2 Å². The first-order chi connectivity index (χ1) is 10.4. The maximum atomic E-state index is 12.9. The number of aryl methyl sites for hydroxylation is 1. The summed E-state index contributed by atoms with van der Waals surface area (Å²) in [5.41, 5.74) is 1.41. The lowest BCUT2D eigenvalue weighted by molar-refractivity contribution is -0.111. The predicted molar refractivity (Wildman–Crippen MR) is 86.6 cm³/mol. The lowest BCUT2D eigenvalue weighted by Crippen LogP contribution is -2.30. The number of ether oxygens (including phenoxy) is 1. The molecule has 0 amide bonds. The van der Waals surface area contributed by atoms with E-state index in [2.05, 4.69) is 6.58 Å². The summed E-state index contributed by atoms with van der Waals surface area (Å²) in [6.45, 7) is 7.31. The van der Waals surface area contributed by atoms with Crippen LogP contribution in [0.25, 0.3) is 0 Å². The van der Waals surface area contributed by atoms with Gasteiger partial charge in [0, 0.05) is 11.1 Å². The molecule has 1 aromatic rings. The molecule has 0 heterocycles. The Morgan fingerprint density at radius 2 is 2.09 bits per heavy atom. The van der Waals surface area contributed by atoms with Gasteiger partial charge < -0.3 is 4.74 Å². The molecule has 0 radical (unpaired) electrons. The molecular formula is C19H20O3. The Hall–Kier alpha value is -2.42. The Balaban J connectivity index is 2.39. The molecule has 0 aliphatic heterocycles. The van der Waals surface area contributed by atoms with Gasteiger partial charge in [-0.05, 0) is 38.5 Å². The lowest BCUT2D eigenvalue weighted by Gasteiger charge is -2.29. The Bertz CT molecular complexity index is 694. The van der Waals surface area contributed by atoms with E-state index in [1.54, 1.807) is 12.1 Å². The highest BCUT2D eigenvalue weighted by Gasteiger charge is 2.37. The maximum Gasteiger partial charge on any atom is 0.184 e. The van der Waals surface area contributed by atoms with Crippen molar-refractivity contribution in [1.82, 2.24) is 0 Å². The lowest BCUT2D eigenvalue weighted by atomic mass is 9.73. The van der Waals surface area contributed by atoms with Gasteiger partial charge in [0.25, 0.3) is 0 Å². The minimum atomic E-state index is -0.760. The Morgan fingerprint density at radius 1 is 1.36 bits per heavy atom. The zero-order chi connectivity index (χ0) is 16.3. The molecule has 0 bridgehead atoms. The first kappa shape index (κ1) is 16.0. The fourth-order valence-electron chi connectivity index (χ4n) is 2.67. The fourth-order valence-corrected chi connectivity index (χ4v) is 2.67. The standard InChI is InChI=1S/C19H20O3/c1-5-16(20)15-12-19(3,10-9-17(15)22-4)18(21)14-8-6-7-13(2)11-14/h5-11H,1,12H2,2-4H3. The summed E-state index contributed by atoms with van der Waals surface area (Å²) in [4.78, 5) is 24.9. The molecule has 114 valence electrons. The molecule has 22 heavy (non-hydrogen) atoms. The number of carbonyl (C=O) groups is 2. The van der Waals surface area contributed by atoms with Gasteiger partial charge in [-0.2, -0.15) is 0 Å². The molecule has 0 fully saturated rings. The number of hydrogen-bond donors (Lipinski definition) is 0. The Morgan fingerprint density at radius 3 is 2.68 bits per heavy atom. The van der Waals surface area contributed by atoms with Crippen molar-refractivity contribution in [2.24, 2.45) is 5.41 Å². The van der Waals surface area contributed by atoms with Gasteiger partial charge in [0.2, 0.25) is 0 Å². The first-order valence-electron chi connectivity index (χ1n) is 7.16.